The Morgan fingerprint density at radius 3 is 2.42 bits per heavy atom. The zero-order chi connectivity index (χ0) is 23.0. The average molecular weight is 454 g/mol. The second-order valence-corrected chi connectivity index (χ2v) is 11.8. The van der Waals surface area contributed by atoms with E-state index in [1.165, 1.54) is 22.4 Å². The molecule has 1 aromatic carbocycles. The molecule has 1 heterocycles. The van der Waals surface area contributed by atoms with Gasteiger partial charge in [0.15, 0.2) is 5.79 Å². The van der Waals surface area contributed by atoms with Crippen LogP contribution in [0.25, 0.3) is 0 Å². The van der Waals surface area contributed by atoms with E-state index >= 15 is 0 Å². The minimum absolute atomic E-state index is 0.0529. The van der Waals surface area contributed by atoms with Gasteiger partial charge < -0.3 is 24.6 Å². The number of rotatable bonds is 2. The molecule has 3 saturated carbocycles. The van der Waals surface area contributed by atoms with Gasteiger partial charge in [0, 0.05) is 38.5 Å². The van der Waals surface area contributed by atoms with E-state index in [-0.39, 0.29) is 17.4 Å². The molecule has 5 nitrogen and oxygen atoms in total. The summed E-state index contributed by atoms with van der Waals surface area (Å²) in [6.07, 6.45) is 6.74. The van der Waals surface area contributed by atoms with Crippen LogP contribution in [0.2, 0.25) is 0 Å². The lowest BCUT2D eigenvalue weighted by atomic mass is 9.51. The maximum Gasteiger partial charge on any atom is 0.171 e. The van der Waals surface area contributed by atoms with Crippen molar-refractivity contribution < 1.29 is 19.7 Å². The van der Waals surface area contributed by atoms with Crippen LogP contribution in [0, 0.1) is 17.3 Å². The Labute approximate surface area is 197 Å². The summed E-state index contributed by atoms with van der Waals surface area (Å²) in [6.45, 7) is 3.59. The molecular weight excluding hydrogens is 414 g/mol. The van der Waals surface area contributed by atoms with Crippen molar-refractivity contribution in [2.45, 2.75) is 81.7 Å². The molecule has 2 N–H and O–H groups in total. The molecule has 33 heavy (non-hydrogen) atoms. The van der Waals surface area contributed by atoms with Crippen LogP contribution >= 0.6 is 0 Å². The third-order valence-electron chi connectivity index (χ3n) is 9.99. The highest BCUT2D eigenvalue weighted by Gasteiger charge is 2.60. The van der Waals surface area contributed by atoms with Crippen LogP contribution in [0.1, 0.15) is 69.8 Å². The van der Waals surface area contributed by atoms with E-state index in [1.54, 1.807) is 0 Å². The molecular formula is C28H39NO4. The lowest BCUT2D eigenvalue weighted by Crippen LogP contribution is -2.53. The number of nitrogens with zero attached hydrogens (tertiary/aromatic N) is 1. The zero-order valence-corrected chi connectivity index (χ0v) is 20.3. The molecule has 1 saturated heterocycles. The van der Waals surface area contributed by atoms with E-state index < -0.39 is 11.4 Å². The van der Waals surface area contributed by atoms with Crippen molar-refractivity contribution in [3.05, 3.63) is 41.0 Å². The highest BCUT2D eigenvalue weighted by atomic mass is 16.7. The molecule has 6 rings (SSSR count). The highest BCUT2D eigenvalue weighted by Crippen LogP contribution is 2.65. The normalized spacial score (nSPS) is 41.6. The number of aliphatic hydroxyl groups is 2. The number of fused-ring (bicyclic) bond motifs is 4. The largest absolute Gasteiger partial charge is 0.393 e. The molecule has 0 bridgehead atoms. The van der Waals surface area contributed by atoms with Crippen LogP contribution in [-0.2, 0) is 9.47 Å². The van der Waals surface area contributed by atoms with E-state index in [9.17, 15) is 10.2 Å². The number of ether oxygens (including phenoxy) is 2. The SMILES string of the molecule is CN(C)c1ccc([C@H]2C[C@]3(C)[C@@H](O)CC[C@H]3[C@@H]3CC[C@@]4(O)CC5(CCC4=C32)OCCO5)cc1. The molecule has 1 spiro atoms. The molecule has 1 aliphatic heterocycles. The molecule has 6 atom stereocenters. The number of aliphatic hydroxyl groups excluding tert-OH is 1. The minimum atomic E-state index is -0.832. The highest BCUT2D eigenvalue weighted by molar-refractivity contribution is 5.50. The van der Waals surface area contributed by atoms with Gasteiger partial charge in [0.2, 0.25) is 0 Å². The molecule has 1 aromatic rings. The van der Waals surface area contributed by atoms with E-state index in [0.717, 1.165) is 44.9 Å². The lowest BCUT2D eigenvalue weighted by molar-refractivity contribution is -0.208. The van der Waals surface area contributed by atoms with Crippen LogP contribution in [-0.4, -0.2) is 55.0 Å². The van der Waals surface area contributed by atoms with Crippen molar-refractivity contribution >= 4 is 5.69 Å². The summed E-state index contributed by atoms with van der Waals surface area (Å²) in [5.74, 6) is 0.615. The number of hydrogen-bond acceptors (Lipinski definition) is 5. The van der Waals surface area contributed by atoms with Crippen molar-refractivity contribution in [1.82, 2.24) is 0 Å². The molecule has 5 heteroatoms. The predicted molar refractivity (Wildman–Crippen MR) is 128 cm³/mol. The Hall–Kier alpha value is -1.40. The zero-order valence-electron chi connectivity index (χ0n) is 20.3. The molecule has 0 radical (unpaired) electrons. The van der Waals surface area contributed by atoms with Gasteiger partial charge >= 0.3 is 0 Å². The summed E-state index contributed by atoms with van der Waals surface area (Å²) in [5, 5.41) is 23.1. The third-order valence-corrected chi connectivity index (χ3v) is 9.99. The smallest absolute Gasteiger partial charge is 0.171 e. The summed E-state index contributed by atoms with van der Waals surface area (Å²) >= 11 is 0. The Morgan fingerprint density at radius 1 is 1.00 bits per heavy atom. The number of anilines is 1. The Morgan fingerprint density at radius 2 is 1.73 bits per heavy atom. The quantitative estimate of drug-likeness (QED) is 0.651. The second kappa shape index (κ2) is 7.55. The second-order valence-electron chi connectivity index (χ2n) is 11.8. The molecule has 0 unspecified atom stereocenters. The first-order valence-electron chi connectivity index (χ1n) is 12.9. The van der Waals surface area contributed by atoms with Crippen molar-refractivity contribution in [3.8, 4) is 0 Å². The first-order chi connectivity index (χ1) is 15.7. The summed E-state index contributed by atoms with van der Waals surface area (Å²) in [5.41, 5.74) is 4.40. The van der Waals surface area contributed by atoms with Crippen molar-refractivity contribution in [3.63, 3.8) is 0 Å². The Bertz CT molecular complexity index is 949. The summed E-state index contributed by atoms with van der Waals surface area (Å²) in [7, 11) is 4.14. The lowest BCUT2D eigenvalue weighted by Gasteiger charge is -2.56. The third kappa shape index (κ3) is 3.26. The Balaban J connectivity index is 1.45. The molecule has 4 aliphatic carbocycles. The van der Waals surface area contributed by atoms with Gasteiger partial charge in [-0.1, -0.05) is 24.6 Å². The average Bonchev–Trinajstić information content (AvgIpc) is 3.36. The summed E-state index contributed by atoms with van der Waals surface area (Å²) < 4.78 is 12.1. The van der Waals surface area contributed by atoms with Crippen LogP contribution in [0.4, 0.5) is 5.69 Å². The molecule has 4 fully saturated rings. The van der Waals surface area contributed by atoms with Crippen LogP contribution in [0.15, 0.2) is 35.4 Å². The van der Waals surface area contributed by atoms with Gasteiger partial charge in [-0.15, -0.1) is 0 Å². The molecule has 5 aliphatic rings. The van der Waals surface area contributed by atoms with E-state index in [2.05, 4.69) is 50.2 Å². The minimum Gasteiger partial charge on any atom is -0.393 e. The molecule has 0 amide bonds. The van der Waals surface area contributed by atoms with Gasteiger partial charge in [0.05, 0.1) is 24.9 Å². The van der Waals surface area contributed by atoms with E-state index in [4.69, 9.17) is 9.47 Å². The van der Waals surface area contributed by atoms with Crippen molar-refractivity contribution in [1.29, 1.82) is 0 Å². The van der Waals surface area contributed by atoms with Crippen LogP contribution in [0.3, 0.4) is 0 Å². The first kappa shape index (κ1) is 22.1. The fourth-order valence-electron chi connectivity index (χ4n) is 8.29. The number of benzene rings is 1. The topological polar surface area (TPSA) is 62.2 Å². The first-order valence-corrected chi connectivity index (χ1v) is 12.9. The predicted octanol–water partition coefficient (Wildman–Crippen LogP) is 4.38. The van der Waals surface area contributed by atoms with Crippen LogP contribution < -0.4 is 4.90 Å². The van der Waals surface area contributed by atoms with E-state index in [1.807, 2.05) is 0 Å². The maximum atomic E-state index is 12.0. The van der Waals surface area contributed by atoms with Gasteiger partial charge in [0.1, 0.15) is 0 Å². The monoisotopic (exact) mass is 453 g/mol. The molecule has 180 valence electrons. The van der Waals surface area contributed by atoms with Crippen LogP contribution in [0.5, 0.6) is 0 Å². The summed E-state index contributed by atoms with van der Waals surface area (Å²) in [4.78, 5) is 2.13. The fourth-order valence-corrected chi connectivity index (χ4v) is 8.29. The number of allylic oxidation sites excluding steroid dienone is 1. The van der Waals surface area contributed by atoms with Gasteiger partial charge in [-0.25, -0.2) is 0 Å². The Kier molecular flexibility index (Phi) is 5.05. The van der Waals surface area contributed by atoms with Gasteiger partial charge in [-0.3, -0.25) is 0 Å². The fraction of sp³-hybridized carbons (Fsp3) is 0.714. The van der Waals surface area contributed by atoms with Crippen molar-refractivity contribution in [2.24, 2.45) is 17.3 Å². The maximum absolute atomic E-state index is 12.0. The van der Waals surface area contributed by atoms with Gasteiger partial charge in [-0.05, 0) is 79.0 Å². The van der Waals surface area contributed by atoms with Gasteiger partial charge in [-0.2, -0.15) is 0 Å². The summed E-state index contributed by atoms with van der Waals surface area (Å²) in [6, 6.07) is 8.97. The van der Waals surface area contributed by atoms with Crippen molar-refractivity contribution in [2.75, 3.05) is 32.2 Å². The van der Waals surface area contributed by atoms with Gasteiger partial charge in [0.25, 0.3) is 0 Å². The molecule has 0 aromatic heterocycles. The standard InChI is InChI=1S/C28H39NO4/c1-26-16-21(18-4-6-19(7-5-18)29(2)3)25-20(22(26)8-9-24(26)30)10-12-27(31)17-28(13-11-23(25)27)32-14-15-33-28/h4-7,20-22,24,30-31H,8-17H2,1-3H3/t20-,21+,22-,24-,26-,27+/m0/s1. The number of hydrogen-bond donors (Lipinski definition) is 2. The van der Waals surface area contributed by atoms with E-state index in [0.29, 0.717) is 31.5 Å².